The maximum atomic E-state index is 12.5. The van der Waals surface area contributed by atoms with Gasteiger partial charge in [-0.1, -0.05) is 50.6 Å². The van der Waals surface area contributed by atoms with Crippen molar-refractivity contribution < 1.29 is 9.90 Å². The summed E-state index contributed by atoms with van der Waals surface area (Å²) in [5, 5.41) is 19.6. The molecule has 0 aliphatic rings. The van der Waals surface area contributed by atoms with Crippen LogP contribution in [0.4, 0.5) is 4.79 Å². The van der Waals surface area contributed by atoms with Crippen molar-refractivity contribution in [2.45, 2.75) is 39.8 Å². The zero-order valence-electron chi connectivity index (χ0n) is 15.6. The van der Waals surface area contributed by atoms with Crippen molar-refractivity contribution in [1.29, 1.82) is 0 Å². The molecule has 0 bridgehead atoms. The molecule has 1 aromatic carbocycles. The zero-order chi connectivity index (χ0) is 18.6. The lowest BCUT2D eigenvalue weighted by molar-refractivity contribution is 0.201. The van der Waals surface area contributed by atoms with E-state index in [0.717, 1.165) is 16.7 Å². The van der Waals surface area contributed by atoms with Crippen LogP contribution in [0, 0.1) is 12.3 Å². The number of carbonyl (C=O) groups is 1. The van der Waals surface area contributed by atoms with Crippen molar-refractivity contribution >= 4 is 6.03 Å². The Balaban J connectivity index is 2.14. The number of benzene rings is 1. The molecular weight excluding hydrogens is 316 g/mol. The minimum Gasteiger partial charge on any atom is -0.394 e. The average molecular weight is 344 g/mol. The van der Waals surface area contributed by atoms with E-state index in [1.807, 2.05) is 25.1 Å². The Morgan fingerprint density at radius 1 is 1.28 bits per heavy atom. The topological polar surface area (TPSA) is 79.2 Å². The van der Waals surface area contributed by atoms with Gasteiger partial charge in [-0.3, -0.25) is 4.68 Å². The van der Waals surface area contributed by atoms with Crippen molar-refractivity contribution in [2.75, 3.05) is 6.61 Å². The standard InChI is InChI=1S/C19H28N4O2/c1-13-7-6-8-14(9-13)17(19(2,3)4)22-18(25)21-16(12-24)15-10-20-23(5)11-15/h6-11,16-17,24H,12H2,1-5H3,(H2,21,22,25)/t16-,17-/m1/s1. The fourth-order valence-corrected chi connectivity index (χ4v) is 2.83. The molecule has 25 heavy (non-hydrogen) atoms. The number of nitrogens with one attached hydrogen (secondary N) is 2. The van der Waals surface area contributed by atoms with Crippen LogP contribution in [0.15, 0.2) is 36.7 Å². The summed E-state index contributed by atoms with van der Waals surface area (Å²) >= 11 is 0. The molecule has 0 spiro atoms. The van der Waals surface area contributed by atoms with E-state index in [2.05, 4.69) is 42.6 Å². The summed E-state index contributed by atoms with van der Waals surface area (Å²) in [5.41, 5.74) is 2.82. The molecule has 0 unspecified atom stereocenters. The number of amides is 2. The molecule has 0 saturated heterocycles. The summed E-state index contributed by atoms with van der Waals surface area (Å²) in [6.45, 7) is 8.11. The van der Waals surface area contributed by atoms with Gasteiger partial charge in [0.2, 0.25) is 0 Å². The minimum absolute atomic E-state index is 0.152. The van der Waals surface area contributed by atoms with Gasteiger partial charge in [-0.25, -0.2) is 4.79 Å². The highest BCUT2D eigenvalue weighted by Gasteiger charge is 2.28. The molecule has 0 saturated carbocycles. The van der Waals surface area contributed by atoms with Gasteiger partial charge in [-0.05, 0) is 17.9 Å². The lowest BCUT2D eigenvalue weighted by atomic mass is 9.82. The molecular formula is C19H28N4O2. The SMILES string of the molecule is Cc1cccc([C@@H](NC(=O)N[C@H](CO)c2cnn(C)c2)C(C)(C)C)c1. The van der Waals surface area contributed by atoms with Crippen LogP contribution in [-0.2, 0) is 7.05 Å². The third-order valence-electron chi connectivity index (χ3n) is 4.13. The third kappa shape index (κ3) is 5.06. The molecule has 0 radical (unpaired) electrons. The number of aromatic nitrogens is 2. The summed E-state index contributed by atoms with van der Waals surface area (Å²) < 4.78 is 1.64. The first-order valence-electron chi connectivity index (χ1n) is 8.43. The Hall–Kier alpha value is -2.34. The second-order valence-electron chi connectivity index (χ2n) is 7.51. The first kappa shape index (κ1) is 19.0. The number of aryl methyl sites for hydroxylation is 2. The molecule has 3 N–H and O–H groups in total. The van der Waals surface area contributed by atoms with Gasteiger partial charge >= 0.3 is 6.03 Å². The monoisotopic (exact) mass is 344 g/mol. The first-order valence-corrected chi connectivity index (χ1v) is 8.43. The Bertz CT molecular complexity index is 718. The molecule has 136 valence electrons. The number of hydrogen-bond donors (Lipinski definition) is 3. The highest BCUT2D eigenvalue weighted by atomic mass is 16.3. The second-order valence-corrected chi connectivity index (χ2v) is 7.51. The molecule has 1 aromatic heterocycles. The molecule has 1 heterocycles. The van der Waals surface area contributed by atoms with Gasteiger partial charge in [0, 0.05) is 18.8 Å². The van der Waals surface area contributed by atoms with Crippen LogP contribution < -0.4 is 10.6 Å². The van der Waals surface area contributed by atoms with Crippen molar-refractivity contribution in [2.24, 2.45) is 12.5 Å². The number of urea groups is 1. The molecule has 0 aliphatic carbocycles. The Morgan fingerprint density at radius 3 is 2.52 bits per heavy atom. The number of nitrogens with zero attached hydrogens (tertiary/aromatic N) is 2. The van der Waals surface area contributed by atoms with Gasteiger partial charge in [-0.15, -0.1) is 0 Å². The molecule has 6 nitrogen and oxygen atoms in total. The van der Waals surface area contributed by atoms with E-state index in [-0.39, 0.29) is 24.1 Å². The smallest absolute Gasteiger partial charge is 0.315 e. The molecule has 2 aromatic rings. The van der Waals surface area contributed by atoms with E-state index in [9.17, 15) is 9.90 Å². The number of aliphatic hydroxyl groups excluding tert-OH is 1. The highest BCUT2D eigenvalue weighted by Crippen LogP contribution is 2.33. The molecule has 0 aliphatic heterocycles. The van der Waals surface area contributed by atoms with Crippen molar-refractivity contribution in [3.8, 4) is 0 Å². The lowest BCUT2D eigenvalue weighted by Crippen LogP contribution is -2.44. The highest BCUT2D eigenvalue weighted by molar-refractivity contribution is 5.75. The summed E-state index contributed by atoms with van der Waals surface area (Å²) in [6.07, 6.45) is 3.42. The van der Waals surface area contributed by atoms with E-state index >= 15 is 0 Å². The van der Waals surface area contributed by atoms with Crippen LogP contribution in [0.2, 0.25) is 0 Å². The normalized spacial score (nSPS) is 14.0. The summed E-state index contributed by atoms with van der Waals surface area (Å²) in [4.78, 5) is 12.5. The third-order valence-corrected chi connectivity index (χ3v) is 4.13. The van der Waals surface area contributed by atoms with Gasteiger partial charge in [0.15, 0.2) is 0 Å². The van der Waals surface area contributed by atoms with Crippen LogP contribution in [0.1, 0.15) is 49.5 Å². The summed E-state index contributed by atoms with van der Waals surface area (Å²) in [6, 6.07) is 7.17. The maximum Gasteiger partial charge on any atom is 0.315 e. The number of carbonyl (C=O) groups excluding carboxylic acids is 1. The fraction of sp³-hybridized carbons (Fsp3) is 0.474. The maximum absolute atomic E-state index is 12.5. The van der Waals surface area contributed by atoms with Crippen LogP contribution in [0.25, 0.3) is 0 Å². The van der Waals surface area contributed by atoms with Gasteiger partial charge in [0.1, 0.15) is 0 Å². The van der Waals surface area contributed by atoms with Gasteiger partial charge in [-0.2, -0.15) is 5.10 Å². The number of rotatable bonds is 5. The van der Waals surface area contributed by atoms with Crippen molar-refractivity contribution in [1.82, 2.24) is 20.4 Å². The Morgan fingerprint density at radius 2 is 2.00 bits per heavy atom. The Kier molecular flexibility index (Phi) is 5.85. The van der Waals surface area contributed by atoms with E-state index in [0.29, 0.717) is 0 Å². The molecule has 6 heteroatoms. The van der Waals surface area contributed by atoms with Gasteiger partial charge in [0.05, 0.1) is 24.9 Å². The van der Waals surface area contributed by atoms with Crippen LogP contribution >= 0.6 is 0 Å². The average Bonchev–Trinajstić information content (AvgIpc) is 2.95. The number of aliphatic hydroxyl groups is 1. The van der Waals surface area contributed by atoms with Crippen LogP contribution in [0.5, 0.6) is 0 Å². The molecule has 2 amide bonds. The van der Waals surface area contributed by atoms with E-state index in [1.165, 1.54) is 0 Å². The van der Waals surface area contributed by atoms with E-state index in [1.54, 1.807) is 24.1 Å². The van der Waals surface area contributed by atoms with Gasteiger partial charge < -0.3 is 15.7 Å². The molecule has 2 atom stereocenters. The zero-order valence-corrected chi connectivity index (χ0v) is 15.6. The quantitative estimate of drug-likeness (QED) is 0.780. The molecule has 0 fully saturated rings. The summed E-state index contributed by atoms with van der Waals surface area (Å²) in [5.74, 6) is 0. The Labute approximate surface area is 149 Å². The molecule has 2 rings (SSSR count). The van der Waals surface area contributed by atoms with Gasteiger partial charge in [0.25, 0.3) is 0 Å². The fourth-order valence-electron chi connectivity index (χ4n) is 2.83. The second kappa shape index (κ2) is 7.70. The van der Waals surface area contributed by atoms with E-state index < -0.39 is 6.04 Å². The largest absolute Gasteiger partial charge is 0.394 e. The van der Waals surface area contributed by atoms with Crippen LogP contribution in [-0.4, -0.2) is 27.5 Å². The van der Waals surface area contributed by atoms with Crippen LogP contribution in [0.3, 0.4) is 0 Å². The van der Waals surface area contributed by atoms with Crippen molar-refractivity contribution in [3.05, 3.63) is 53.3 Å². The first-order chi connectivity index (χ1) is 11.7. The van der Waals surface area contributed by atoms with E-state index in [4.69, 9.17) is 0 Å². The number of hydrogen-bond acceptors (Lipinski definition) is 3. The minimum atomic E-state index is -0.494. The summed E-state index contributed by atoms with van der Waals surface area (Å²) in [7, 11) is 1.80. The predicted molar refractivity (Wildman–Crippen MR) is 98.1 cm³/mol. The van der Waals surface area contributed by atoms with Crippen molar-refractivity contribution in [3.63, 3.8) is 0 Å². The lowest BCUT2D eigenvalue weighted by Gasteiger charge is -2.32. The predicted octanol–water partition coefficient (Wildman–Crippen LogP) is 2.85.